The predicted molar refractivity (Wildman–Crippen MR) is 116 cm³/mol. The first-order valence-electron chi connectivity index (χ1n) is 10.6. The second-order valence-corrected chi connectivity index (χ2v) is 8.68. The molecule has 1 spiro atoms. The van der Waals surface area contributed by atoms with E-state index in [0.29, 0.717) is 51.1 Å². The van der Waals surface area contributed by atoms with Crippen LogP contribution in [0, 0.1) is 5.82 Å². The van der Waals surface area contributed by atoms with Crippen LogP contribution in [0.3, 0.4) is 0 Å². The Balaban J connectivity index is 1.33. The highest BCUT2D eigenvalue weighted by Gasteiger charge is 2.43. The van der Waals surface area contributed by atoms with Gasteiger partial charge in [-0.05, 0) is 47.7 Å². The molecule has 2 aliphatic heterocycles. The van der Waals surface area contributed by atoms with Gasteiger partial charge in [0.1, 0.15) is 5.82 Å². The van der Waals surface area contributed by atoms with E-state index in [0.717, 1.165) is 16.5 Å². The number of halogens is 1. The Hall–Kier alpha value is -3.19. The molecular formula is C24H25FN4O2. The number of amides is 2. The molecule has 3 heterocycles. The van der Waals surface area contributed by atoms with Gasteiger partial charge >= 0.3 is 0 Å². The molecular weight excluding hydrogens is 395 g/mol. The molecule has 6 nitrogen and oxygen atoms in total. The maximum Gasteiger partial charge on any atom is 0.254 e. The van der Waals surface area contributed by atoms with Crippen LogP contribution in [0.15, 0.2) is 54.7 Å². The summed E-state index contributed by atoms with van der Waals surface area (Å²) in [7, 11) is 0. The van der Waals surface area contributed by atoms with Gasteiger partial charge in [-0.25, -0.2) is 4.39 Å². The van der Waals surface area contributed by atoms with Crippen molar-refractivity contribution >= 4 is 22.7 Å². The number of benzene rings is 2. The Morgan fingerprint density at radius 1 is 1.10 bits per heavy atom. The maximum atomic E-state index is 13.6. The number of nitrogens with one attached hydrogen (secondary N) is 2. The molecule has 2 fully saturated rings. The molecule has 3 aromatic rings. The zero-order valence-corrected chi connectivity index (χ0v) is 17.2. The number of carbonyl (C=O) groups excluding carboxylic acids is 2. The van der Waals surface area contributed by atoms with Crippen molar-refractivity contribution in [2.75, 3.05) is 26.2 Å². The van der Waals surface area contributed by atoms with E-state index in [1.165, 1.54) is 12.1 Å². The summed E-state index contributed by atoms with van der Waals surface area (Å²) in [6.45, 7) is 2.89. The second kappa shape index (κ2) is 7.81. The number of likely N-dealkylation sites (tertiary alicyclic amines) is 1. The Morgan fingerprint density at radius 2 is 2.00 bits per heavy atom. The Kier molecular flexibility index (Phi) is 4.98. The molecule has 1 atom stereocenters. The van der Waals surface area contributed by atoms with Crippen molar-refractivity contribution in [3.05, 3.63) is 71.7 Å². The minimum absolute atomic E-state index is 0.00356. The second-order valence-electron chi connectivity index (χ2n) is 8.68. The number of rotatable bonds is 3. The van der Waals surface area contributed by atoms with Crippen molar-refractivity contribution < 1.29 is 14.0 Å². The summed E-state index contributed by atoms with van der Waals surface area (Å²) in [5.41, 5.74) is 1.98. The van der Waals surface area contributed by atoms with Crippen LogP contribution in [0.25, 0.3) is 10.9 Å². The van der Waals surface area contributed by atoms with Gasteiger partial charge < -0.3 is 15.2 Å². The molecule has 0 bridgehead atoms. The van der Waals surface area contributed by atoms with E-state index < -0.39 is 5.54 Å². The van der Waals surface area contributed by atoms with Gasteiger partial charge in [0, 0.05) is 56.4 Å². The molecule has 160 valence electrons. The number of hydrogen-bond donors (Lipinski definition) is 2. The van der Waals surface area contributed by atoms with Crippen molar-refractivity contribution in [3.63, 3.8) is 0 Å². The van der Waals surface area contributed by atoms with Crippen molar-refractivity contribution in [2.45, 2.75) is 24.9 Å². The molecule has 2 aromatic carbocycles. The zero-order chi connectivity index (χ0) is 21.4. The van der Waals surface area contributed by atoms with Crippen molar-refractivity contribution in [2.24, 2.45) is 0 Å². The summed E-state index contributed by atoms with van der Waals surface area (Å²) < 4.78 is 13.6. The molecule has 2 N–H and O–H groups in total. The summed E-state index contributed by atoms with van der Waals surface area (Å²) >= 11 is 0. The van der Waals surface area contributed by atoms with Gasteiger partial charge in [0.2, 0.25) is 5.91 Å². The van der Waals surface area contributed by atoms with Gasteiger partial charge in [0.25, 0.3) is 5.91 Å². The van der Waals surface area contributed by atoms with Gasteiger partial charge in [-0.3, -0.25) is 14.5 Å². The van der Waals surface area contributed by atoms with Gasteiger partial charge in [-0.1, -0.05) is 18.2 Å². The van der Waals surface area contributed by atoms with Crippen LogP contribution in [0.5, 0.6) is 0 Å². The summed E-state index contributed by atoms with van der Waals surface area (Å²) in [5, 5.41) is 4.26. The maximum absolute atomic E-state index is 13.6. The van der Waals surface area contributed by atoms with Crippen molar-refractivity contribution in [1.29, 1.82) is 0 Å². The predicted octanol–water partition coefficient (Wildman–Crippen LogP) is 2.91. The number of H-pyrrole nitrogens is 1. The van der Waals surface area contributed by atoms with Gasteiger partial charge in [0.15, 0.2) is 0 Å². The third-order valence-corrected chi connectivity index (χ3v) is 6.32. The average molecular weight is 420 g/mol. The molecule has 7 heteroatoms. The molecule has 2 saturated heterocycles. The standard InChI is InChI=1S/C24H25FN4O2/c25-20-3-1-2-17(12-20)14-28-10-7-22(30)27-24(15-28)8-11-29(16-24)23(31)19-5-4-18-6-9-26-21(18)13-19/h1-6,9,12-13,26H,7-8,10-11,14-16H2,(H,27,30). The third-order valence-electron chi connectivity index (χ3n) is 6.32. The number of aromatic amines is 1. The molecule has 2 amide bonds. The number of aromatic nitrogens is 1. The summed E-state index contributed by atoms with van der Waals surface area (Å²) in [5.74, 6) is -0.277. The Bertz CT molecular complexity index is 1140. The molecule has 0 saturated carbocycles. The summed E-state index contributed by atoms with van der Waals surface area (Å²) in [4.78, 5) is 32.8. The fourth-order valence-electron chi connectivity index (χ4n) is 4.83. The number of carbonyl (C=O) groups is 2. The first-order chi connectivity index (χ1) is 15.0. The minimum atomic E-state index is -0.479. The number of fused-ring (bicyclic) bond motifs is 1. The van der Waals surface area contributed by atoms with Crippen LogP contribution < -0.4 is 5.32 Å². The van der Waals surface area contributed by atoms with E-state index in [2.05, 4.69) is 15.2 Å². The molecule has 31 heavy (non-hydrogen) atoms. The van der Waals surface area contributed by atoms with E-state index in [1.54, 1.807) is 6.07 Å². The summed E-state index contributed by atoms with van der Waals surface area (Å²) in [6.07, 6.45) is 2.96. The minimum Gasteiger partial charge on any atom is -0.361 e. The zero-order valence-electron chi connectivity index (χ0n) is 17.2. The van der Waals surface area contributed by atoms with Gasteiger partial charge in [-0.2, -0.15) is 0 Å². The molecule has 2 aliphatic rings. The van der Waals surface area contributed by atoms with Crippen molar-refractivity contribution in [1.82, 2.24) is 20.1 Å². The normalized spacial score (nSPS) is 22.1. The van der Waals surface area contributed by atoms with E-state index in [-0.39, 0.29) is 17.6 Å². The quantitative estimate of drug-likeness (QED) is 0.685. The summed E-state index contributed by atoms with van der Waals surface area (Å²) in [6, 6.07) is 14.2. The molecule has 1 unspecified atom stereocenters. The number of nitrogens with zero attached hydrogens (tertiary/aromatic N) is 2. The van der Waals surface area contributed by atoms with Crippen LogP contribution in [0.1, 0.15) is 28.8 Å². The Labute approximate surface area is 180 Å². The van der Waals surface area contributed by atoms with Crippen LogP contribution in [-0.2, 0) is 11.3 Å². The van der Waals surface area contributed by atoms with Crippen molar-refractivity contribution in [3.8, 4) is 0 Å². The van der Waals surface area contributed by atoms with Crippen LogP contribution in [0.4, 0.5) is 4.39 Å². The van der Waals surface area contributed by atoms with E-state index >= 15 is 0 Å². The molecule has 0 radical (unpaired) electrons. The monoisotopic (exact) mass is 420 g/mol. The lowest BCUT2D eigenvalue weighted by atomic mass is 9.97. The first-order valence-corrected chi connectivity index (χ1v) is 10.6. The van der Waals surface area contributed by atoms with E-state index in [4.69, 9.17) is 0 Å². The third kappa shape index (κ3) is 4.05. The fourth-order valence-corrected chi connectivity index (χ4v) is 4.83. The average Bonchev–Trinajstić information content (AvgIpc) is 3.34. The SMILES string of the molecule is O=C1CCN(Cc2cccc(F)c2)CC2(CCN(C(=O)c3ccc4cc[nH]c4c3)C2)N1. The van der Waals surface area contributed by atoms with Crippen LogP contribution in [0.2, 0.25) is 0 Å². The molecule has 1 aromatic heterocycles. The highest BCUT2D eigenvalue weighted by atomic mass is 19.1. The largest absolute Gasteiger partial charge is 0.361 e. The number of hydrogen-bond acceptors (Lipinski definition) is 3. The first kappa shape index (κ1) is 19.8. The Morgan fingerprint density at radius 3 is 2.87 bits per heavy atom. The smallest absolute Gasteiger partial charge is 0.254 e. The highest BCUT2D eigenvalue weighted by Crippen LogP contribution is 2.28. The van der Waals surface area contributed by atoms with Crippen LogP contribution in [-0.4, -0.2) is 58.3 Å². The van der Waals surface area contributed by atoms with E-state index in [9.17, 15) is 14.0 Å². The highest BCUT2D eigenvalue weighted by molar-refractivity contribution is 5.98. The lowest BCUT2D eigenvalue weighted by Crippen LogP contribution is -2.55. The van der Waals surface area contributed by atoms with Crippen LogP contribution >= 0.6 is 0 Å². The lowest BCUT2D eigenvalue weighted by molar-refractivity contribution is -0.122. The fraction of sp³-hybridized carbons (Fsp3) is 0.333. The van der Waals surface area contributed by atoms with Gasteiger partial charge in [0.05, 0.1) is 5.54 Å². The van der Waals surface area contributed by atoms with Gasteiger partial charge in [-0.15, -0.1) is 0 Å². The topological polar surface area (TPSA) is 68.4 Å². The molecule has 0 aliphatic carbocycles. The molecule has 5 rings (SSSR count). The van der Waals surface area contributed by atoms with E-state index in [1.807, 2.05) is 41.4 Å². The lowest BCUT2D eigenvalue weighted by Gasteiger charge is -2.33.